The summed E-state index contributed by atoms with van der Waals surface area (Å²) in [5, 5.41) is 14.2. The van der Waals surface area contributed by atoms with Gasteiger partial charge in [-0.05, 0) is 62.4 Å². The molecule has 186 valence electrons. The van der Waals surface area contributed by atoms with E-state index in [-0.39, 0.29) is 29.1 Å². The number of fused-ring (bicyclic) bond motifs is 1. The van der Waals surface area contributed by atoms with Gasteiger partial charge in [0.05, 0.1) is 37.1 Å². The van der Waals surface area contributed by atoms with Gasteiger partial charge < -0.3 is 19.3 Å². The van der Waals surface area contributed by atoms with Crippen molar-refractivity contribution < 1.29 is 32.9 Å². The van der Waals surface area contributed by atoms with Crippen LogP contribution in [0.25, 0.3) is 16.9 Å². The number of carbonyl (C=O) groups excluding carboxylic acids is 1. The molecule has 0 aliphatic heterocycles. The number of hydrogen-bond donors (Lipinski definition) is 2. The number of imidazole rings is 1. The Hall–Kier alpha value is -3.24. The Kier molecular flexibility index (Phi) is 5.68. The van der Waals surface area contributed by atoms with E-state index in [4.69, 9.17) is 14.2 Å². The van der Waals surface area contributed by atoms with Gasteiger partial charge >= 0.3 is 12.6 Å². The zero-order valence-electron chi connectivity index (χ0n) is 19.7. The van der Waals surface area contributed by atoms with E-state index in [1.54, 1.807) is 22.9 Å². The van der Waals surface area contributed by atoms with Crippen molar-refractivity contribution in [2.24, 2.45) is 0 Å². The lowest BCUT2D eigenvalue weighted by atomic mass is 9.97. The maximum atomic E-state index is 13.4. The highest BCUT2D eigenvalue weighted by atomic mass is 19.3. The van der Waals surface area contributed by atoms with Crippen LogP contribution in [0.3, 0.4) is 0 Å². The van der Waals surface area contributed by atoms with Crippen LogP contribution in [0.5, 0.6) is 11.5 Å². The molecule has 10 heteroatoms. The normalized spacial score (nSPS) is 18.4. The van der Waals surface area contributed by atoms with Crippen LogP contribution in [0.1, 0.15) is 43.7 Å². The summed E-state index contributed by atoms with van der Waals surface area (Å²) in [7, 11) is 2.78. The first kappa shape index (κ1) is 23.5. The van der Waals surface area contributed by atoms with Crippen molar-refractivity contribution in [1.29, 1.82) is 0 Å². The van der Waals surface area contributed by atoms with Crippen molar-refractivity contribution in [2.45, 2.75) is 56.4 Å². The molecule has 0 amide bonds. The Balaban J connectivity index is 1.59. The van der Waals surface area contributed by atoms with E-state index in [9.17, 15) is 18.7 Å². The molecule has 2 heterocycles. The molecule has 2 saturated carbocycles. The number of halogens is 2. The molecule has 0 bridgehead atoms. The van der Waals surface area contributed by atoms with E-state index >= 15 is 0 Å². The molecule has 1 aromatic carbocycles. The maximum absolute atomic E-state index is 13.4. The fraction of sp³-hybridized carbons (Fsp3) is 0.440. The Labute approximate surface area is 200 Å². The van der Waals surface area contributed by atoms with E-state index < -0.39 is 17.8 Å². The Bertz CT molecular complexity index is 1280. The predicted octanol–water partition coefficient (Wildman–Crippen LogP) is 3.73. The average molecular weight is 488 g/mol. The van der Waals surface area contributed by atoms with Crippen LogP contribution >= 0.6 is 0 Å². The van der Waals surface area contributed by atoms with E-state index in [2.05, 4.69) is 10.3 Å². The number of benzene rings is 1. The van der Waals surface area contributed by atoms with E-state index in [0.29, 0.717) is 29.7 Å². The number of alkyl halides is 2. The van der Waals surface area contributed by atoms with Crippen molar-refractivity contribution in [2.75, 3.05) is 14.2 Å². The minimum Gasteiger partial charge on any atom is -0.496 e. The van der Waals surface area contributed by atoms with Gasteiger partial charge in [0.15, 0.2) is 0 Å². The number of aliphatic hydroxyl groups is 1. The number of nitrogens with one attached hydrogen (secondary N) is 1. The van der Waals surface area contributed by atoms with Crippen molar-refractivity contribution in [1.82, 2.24) is 14.7 Å². The lowest BCUT2D eigenvalue weighted by Gasteiger charge is -2.29. The lowest BCUT2D eigenvalue weighted by Crippen LogP contribution is -2.41. The summed E-state index contributed by atoms with van der Waals surface area (Å²) >= 11 is 0. The maximum Gasteiger partial charge on any atom is 0.387 e. The first-order chi connectivity index (χ1) is 16.7. The van der Waals surface area contributed by atoms with Gasteiger partial charge in [-0.25, -0.2) is 4.98 Å². The molecule has 8 nitrogen and oxygen atoms in total. The number of rotatable bonds is 9. The molecule has 3 aromatic rings. The first-order valence-electron chi connectivity index (χ1n) is 11.4. The highest BCUT2D eigenvalue weighted by molar-refractivity contribution is 5.87. The lowest BCUT2D eigenvalue weighted by molar-refractivity contribution is -0.143. The fourth-order valence-electron chi connectivity index (χ4n) is 4.69. The van der Waals surface area contributed by atoms with Crippen molar-refractivity contribution >= 4 is 11.6 Å². The standard InChI is InChI=1S/C25H27F2N3O5/c1-24(32,29-16-4-5-16)21-18(33-2)10-14(11-19(21)35-23(26)27)17-13-28-20-12-15(6-9-30(17)20)25(7-8-25)22(31)34-3/h6,9-13,16,23,29,32H,4-5,7-8H2,1-3H3. The minimum absolute atomic E-state index is 0.0980. The molecule has 2 aliphatic carbocycles. The van der Waals surface area contributed by atoms with Gasteiger partial charge in [-0.3, -0.25) is 14.5 Å². The molecule has 1 unspecified atom stereocenters. The molecule has 0 spiro atoms. The fourth-order valence-corrected chi connectivity index (χ4v) is 4.69. The van der Waals surface area contributed by atoms with Crippen LogP contribution < -0.4 is 14.8 Å². The Morgan fingerprint density at radius 2 is 1.97 bits per heavy atom. The Morgan fingerprint density at radius 3 is 2.57 bits per heavy atom. The van der Waals surface area contributed by atoms with Gasteiger partial charge in [0.2, 0.25) is 0 Å². The molecule has 2 N–H and O–H groups in total. The summed E-state index contributed by atoms with van der Waals surface area (Å²) in [4.78, 5) is 16.7. The van der Waals surface area contributed by atoms with Gasteiger partial charge in [0.1, 0.15) is 22.9 Å². The quantitative estimate of drug-likeness (QED) is 0.351. The van der Waals surface area contributed by atoms with Crippen LogP contribution in [-0.2, 0) is 20.7 Å². The van der Waals surface area contributed by atoms with Gasteiger partial charge in [-0.15, -0.1) is 0 Å². The third kappa shape index (κ3) is 4.21. The van der Waals surface area contributed by atoms with Crippen LogP contribution in [0, 0.1) is 0 Å². The molecule has 0 radical (unpaired) electrons. The number of ether oxygens (including phenoxy) is 3. The van der Waals surface area contributed by atoms with Crippen molar-refractivity contribution in [3.05, 3.63) is 47.8 Å². The SMILES string of the molecule is COC(=O)C1(c2ccn3c(-c4cc(OC)c(C(C)(O)NC5CC5)c(OC(F)F)c4)cnc3c2)CC1. The molecule has 2 aromatic heterocycles. The summed E-state index contributed by atoms with van der Waals surface area (Å²) in [5.41, 5.74) is 0.356. The monoisotopic (exact) mass is 487 g/mol. The van der Waals surface area contributed by atoms with Crippen molar-refractivity contribution in [3.8, 4) is 22.8 Å². The second kappa shape index (κ2) is 8.46. The number of methoxy groups -OCH3 is 2. The number of nitrogens with zero attached hydrogens (tertiary/aromatic N) is 2. The third-order valence-corrected chi connectivity index (χ3v) is 6.74. The van der Waals surface area contributed by atoms with Crippen LogP contribution in [0.15, 0.2) is 36.7 Å². The molecule has 35 heavy (non-hydrogen) atoms. The molecule has 0 saturated heterocycles. The number of hydrogen-bond acceptors (Lipinski definition) is 7. The Morgan fingerprint density at radius 1 is 1.26 bits per heavy atom. The highest BCUT2D eigenvalue weighted by Crippen LogP contribution is 2.49. The van der Waals surface area contributed by atoms with E-state index in [1.807, 2.05) is 12.1 Å². The summed E-state index contributed by atoms with van der Waals surface area (Å²) in [6.07, 6.45) is 6.61. The number of aromatic nitrogens is 2. The number of esters is 1. The second-order valence-electron chi connectivity index (χ2n) is 9.28. The largest absolute Gasteiger partial charge is 0.496 e. The zero-order valence-corrected chi connectivity index (χ0v) is 19.7. The molecule has 2 fully saturated rings. The average Bonchev–Trinajstić information content (AvgIpc) is 3.75. The van der Waals surface area contributed by atoms with Gasteiger partial charge in [0.25, 0.3) is 0 Å². The zero-order chi connectivity index (χ0) is 25.0. The van der Waals surface area contributed by atoms with Crippen LogP contribution in [0.2, 0.25) is 0 Å². The van der Waals surface area contributed by atoms with Gasteiger partial charge in [0, 0.05) is 17.8 Å². The summed E-state index contributed by atoms with van der Waals surface area (Å²) in [6, 6.07) is 6.88. The predicted molar refractivity (Wildman–Crippen MR) is 122 cm³/mol. The smallest absolute Gasteiger partial charge is 0.387 e. The molecule has 5 rings (SSSR count). The van der Waals surface area contributed by atoms with Gasteiger partial charge in [-0.1, -0.05) is 0 Å². The number of pyridine rings is 1. The van der Waals surface area contributed by atoms with Crippen LogP contribution in [-0.4, -0.2) is 47.3 Å². The first-order valence-corrected chi connectivity index (χ1v) is 11.4. The molecular formula is C25H27F2N3O5. The van der Waals surface area contributed by atoms with E-state index in [0.717, 1.165) is 18.4 Å². The third-order valence-electron chi connectivity index (χ3n) is 6.74. The second-order valence-corrected chi connectivity index (χ2v) is 9.28. The minimum atomic E-state index is -3.09. The summed E-state index contributed by atoms with van der Waals surface area (Å²) < 4.78 is 43.8. The summed E-state index contributed by atoms with van der Waals surface area (Å²) in [5.74, 6) is -0.262. The van der Waals surface area contributed by atoms with E-state index in [1.165, 1.54) is 27.2 Å². The number of carbonyl (C=O) groups is 1. The van der Waals surface area contributed by atoms with Crippen LogP contribution in [0.4, 0.5) is 8.78 Å². The molecule has 1 atom stereocenters. The molecular weight excluding hydrogens is 460 g/mol. The highest BCUT2D eigenvalue weighted by Gasteiger charge is 2.52. The van der Waals surface area contributed by atoms with Crippen molar-refractivity contribution in [3.63, 3.8) is 0 Å². The topological polar surface area (TPSA) is 94.3 Å². The summed E-state index contributed by atoms with van der Waals surface area (Å²) in [6.45, 7) is -1.60. The molecule has 2 aliphatic rings. The van der Waals surface area contributed by atoms with Gasteiger partial charge in [-0.2, -0.15) is 8.78 Å².